The summed E-state index contributed by atoms with van der Waals surface area (Å²) in [5.74, 6) is 0.0858. The van der Waals surface area contributed by atoms with Crippen LogP contribution in [0.4, 0.5) is 17.1 Å². The maximum absolute atomic E-state index is 9.37. The Morgan fingerprint density at radius 1 is 0.941 bits per heavy atom. The van der Waals surface area contributed by atoms with Gasteiger partial charge in [-0.3, -0.25) is 0 Å². The van der Waals surface area contributed by atoms with Crippen molar-refractivity contribution in [1.29, 1.82) is 0 Å². The number of hydrogen-bond donors (Lipinski definition) is 3. The topological polar surface area (TPSA) is 91.2 Å². The van der Waals surface area contributed by atoms with Crippen molar-refractivity contribution in [3.63, 3.8) is 0 Å². The second-order valence-electron chi connectivity index (χ2n) is 3.43. The predicted molar refractivity (Wildman–Crippen MR) is 64.8 cm³/mol. The van der Waals surface area contributed by atoms with Crippen LogP contribution in [0.5, 0.6) is 11.5 Å². The molecule has 4 N–H and O–H groups in total. The van der Waals surface area contributed by atoms with Gasteiger partial charge in [0.15, 0.2) is 0 Å². The number of para-hydroxylation sites is 1. The van der Waals surface area contributed by atoms with Crippen molar-refractivity contribution in [1.82, 2.24) is 0 Å². The van der Waals surface area contributed by atoms with Crippen LogP contribution in [0.3, 0.4) is 0 Å². The smallest absolute Gasteiger partial charge is 0.140 e. The molecule has 5 nitrogen and oxygen atoms in total. The summed E-state index contributed by atoms with van der Waals surface area (Å²) in [6.07, 6.45) is 0. The molecule has 86 valence electrons. The molecule has 2 rings (SSSR count). The summed E-state index contributed by atoms with van der Waals surface area (Å²) in [5.41, 5.74) is 6.69. The van der Waals surface area contributed by atoms with Crippen LogP contribution in [0.2, 0.25) is 0 Å². The molecular formula is C12H11N3O2. The summed E-state index contributed by atoms with van der Waals surface area (Å²) in [6, 6.07) is 11.1. The van der Waals surface area contributed by atoms with Crippen molar-refractivity contribution in [3.05, 3.63) is 42.5 Å². The average molecular weight is 229 g/mol. The zero-order chi connectivity index (χ0) is 12.3. The van der Waals surface area contributed by atoms with E-state index in [0.717, 1.165) is 0 Å². The van der Waals surface area contributed by atoms with E-state index in [1.807, 2.05) is 0 Å². The first-order valence-electron chi connectivity index (χ1n) is 4.95. The highest BCUT2D eigenvalue weighted by Gasteiger charge is 2.01. The normalized spacial score (nSPS) is 10.8. The Balaban J connectivity index is 2.29. The van der Waals surface area contributed by atoms with Crippen LogP contribution in [0.15, 0.2) is 52.7 Å². The summed E-state index contributed by atoms with van der Waals surface area (Å²) >= 11 is 0. The van der Waals surface area contributed by atoms with Crippen molar-refractivity contribution in [2.24, 2.45) is 10.2 Å². The zero-order valence-electron chi connectivity index (χ0n) is 8.91. The Hall–Kier alpha value is -2.56. The van der Waals surface area contributed by atoms with Crippen molar-refractivity contribution < 1.29 is 10.2 Å². The number of phenolic OH excluding ortho intramolecular Hbond substituents is 2. The molecule has 0 amide bonds. The molecule has 0 aromatic heterocycles. The number of phenols is 2. The summed E-state index contributed by atoms with van der Waals surface area (Å²) in [7, 11) is 0. The summed E-state index contributed by atoms with van der Waals surface area (Å²) in [4.78, 5) is 0. The Labute approximate surface area is 97.9 Å². The molecule has 5 heteroatoms. The number of nitrogens with zero attached hydrogens (tertiary/aromatic N) is 2. The van der Waals surface area contributed by atoms with Gasteiger partial charge in [0.1, 0.15) is 22.9 Å². The summed E-state index contributed by atoms with van der Waals surface area (Å²) in [5, 5.41) is 26.4. The van der Waals surface area contributed by atoms with E-state index >= 15 is 0 Å². The third-order valence-electron chi connectivity index (χ3n) is 2.16. The molecule has 0 spiro atoms. The van der Waals surface area contributed by atoms with Crippen LogP contribution in [0.1, 0.15) is 0 Å². The highest BCUT2D eigenvalue weighted by atomic mass is 16.3. The van der Waals surface area contributed by atoms with Gasteiger partial charge in [0, 0.05) is 6.07 Å². The summed E-state index contributed by atoms with van der Waals surface area (Å²) in [6.45, 7) is 0. The molecule has 0 heterocycles. The quantitative estimate of drug-likeness (QED) is 0.419. The maximum atomic E-state index is 9.37. The first-order valence-corrected chi connectivity index (χ1v) is 4.95. The second kappa shape index (κ2) is 4.52. The summed E-state index contributed by atoms with van der Waals surface area (Å²) < 4.78 is 0. The minimum Gasteiger partial charge on any atom is -0.508 e. The molecule has 0 saturated carbocycles. The minimum atomic E-state index is -0.0302. The van der Waals surface area contributed by atoms with Gasteiger partial charge < -0.3 is 15.9 Å². The van der Waals surface area contributed by atoms with Crippen molar-refractivity contribution in [2.75, 3.05) is 5.73 Å². The monoisotopic (exact) mass is 229 g/mol. The molecule has 0 unspecified atom stereocenters. The molecular weight excluding hydrogens is 218 g/mol. The fourth-order valence-corrected chi connectivity index (χ4v) is 1.30. The third kappa shape index (κ3) is 2.52. The van der Waals surface area contributed by atoms with Gasteiger partial charge in [0.25, 0.3) is 0 Å². The maximum Gasteiger partial charge on any atom is 0.140 e. The molecule has 0 saturated heterocycles. The number of anilines is 1. The van der Waals surface area contributed by atoms with Crippen molar-refractivity contribution in [2.45, 2.75) is 0 Å². The van der Waals surface area contributed by atoms with Gasteiger partial charge in [0.05, 0.1) is 5.69 Å². The Bertz CT molecular complexity index is 567. The van der Waals surface area contributed by atoms with Crippen LogP contribution in [0, 0.1) is 0 Å². The van der Waals surface area contributed by atoms with Crippen LogP contribution >= 0.6 is 0 Å². The number of nitrogens with two attached hydrogens (primary N) is 1. The van der Waals surface area contributed by atoms with Gasteiger partial charge in [-0.15, -0.1) is 5.11 Å². The highest BCUT2D eigenvalue weighted by Crippen LogP contribution is 2.31. The van der Waals surface area contributed by atoms with Gasteiger partial charge in [-0.25, -0.2) is 0 Å². The van der Waals surface area contributed by atoms with Crippen LogP contribution in [0.25, 0.3) is 0 Å². The van der Waals surface area contributed by atoms with E-state index in [2.05, 4.69) is 10.2 Å². The molecule has 0 bridgehead atoms. The van der Waals surface area contributed by atoms with E-state index in [0.29, 0.717) is 11.4 Å². The number of hydrogen-bond acceptors (Lipinski definition) is 5. The Morgan fingerprint density at radius 2 is 1.71 bits per heavy atom. The molecule has 0 radical (unpaired) electrons. The van der Waals surface area contributed by atoms with Gasteiger partial charge >= 0.3 is 0 Å². The number of aromatic hydroxyl groups is 2. The fourth-order valence-electron chi connectivity index (χ4n) is 1.30. The molecule has 2 aromatic carbocycles. The van der Waals surface area contributed by atoms with Crippen molar-refractivity contribution in [3.8, 4) is 11.5 Å². The van der Waals surface area contributed by atoms with Gasteiger partial charge in [-0.05, 0) is 24.3 Å². The average Bonchev–Trinajstić information content (AvgIpc) is 2.31. The zero-order valence-corrected chi connectivity index (χ0v) is 8.91. The molecule has 0 aliphatic rings. The first-order chi connectivity index (χ1) is 8.16. The minimum absolute atomic E-state index is 0.0302. The third-order valence-corrected chi connectivity index (χ3v) is 2.16. The lowest BCUT2D eigenvalue weighted by Crippen LogP contribution is -1.85. The van der Waals surface area contributed by atoms with E-state index in [1.165, 1.54) is 12.1 Å². The molecule has 0 atom stereocenters. The lowest BCUT2D eigenvalue weighted by molar-refractivity contribution is 0.475. The van der Waals surface area contributed by atoms with Crippen molar-refractivity contribution >= 4 is 17.1 Å². The van der Waals surface area contributed by atoms with E-state index < -0.39 is 0 Å². The largest absolute Gasteiger partial charge is 0.508 e. The molecule has 2 aromatic rings. The van der Waals surface area contributed by atoms with E-state index in [-0.39, 0.29) is 17.2 Å². The number of nitrogen functional groups attached to an aromatic ring is 1. The van der Waals surface area contributed by atoms with Gasteiger partial charge in [-0.1, -0.05) is 12.1 Å². The molecule has 0 aliphatic heterocycles. The number of azo groups is 1. The highest BCUT2D eigenvalue weighted by molar-refractivity contribution is 5.69. The van der Waals surface area contributed by atoms with Crippen LogP contribution < -0.4 is 5.73 Å². The Kier molecular flexibility index (Phi) is 2.91. The molecule has 0 fully saturated rings. The van der Waals surface area contributed by atoms with E-state index in [1.54, 1.807) is 30.3 Å². The lowest BCUT2D eigenvalue weighted by atomic mass is 10.2. The van der Waals surface area contributed by atoms with Crippen LogP contribution in [-0.4, -0.2) is 10.2 Å². The Morgan fingerprint density at radius 3 is 2.47 bits per heavy atom. The van der Waals surface area contributed by atoms with Gasteiger partial charge in [-0.2, -0.15) is 5.11 Å². The second-order valence-corrected chi connectivity index (χ2v) is 3.43. The fraction of sp³-hybridized carbons (Fsp3) is 0. The van der Waals surface area contributed by atoms with E-state index in [4.69, 9.17) is 5.73 Å². The standard InChI is InChI=1S/C12H11N3O2/c13-12-10(5-2-6-11(12)17)15-14-8-3-1-4-9(16)7-8/h1-7,16-17H,13H2. The number of benzene rings is 2. The lowest BCUT2D eigenvalue weighted by Gasteiger charge is -2.00. The molecule has 0 aliphatic carbocycles. The number of rotatable bonds is 2. The SMILES string of the molecule is Nc1c(O)cccc1N=Nc1cccc(O)c1. The van der Waals surface area contributed by atoms with E-state index in [9.17, 15) is 10.2 Å². The van der Waals surface area contributed by atoms with Crippen LogP contribution in [-0.2, 0) is 0 Å². The predicted octanol–water partition coefficient (Wildman–Crippen LogP) is 3.10. The van der Waals surface area contributed by atoms with Gasteiger partial charge in [0.2, 0.25) is 0 Å². The molecule has 17 heavy (non-hydrogen) atoms. The first kappa shape index (κ1) is 10.9.